The van der Waals surface area contributed by atoms with E-state index in [-0.39, 0.29) is 41.2 Å². The molecular formula is C22H22O6. The topological polar surface area (TPSA) is 89.9 Å². The summed E-state index contributed by atoms with van der Waals surface area (Å²) in [6.45, 7) is 5.63. The van der Waals surface area contributed by atoms with E-state index >= 15 is 0 Å². The van der Waals surface area contributed by atoms with Crippen LogP contribution >= 0.6 is 0 Å². The van der Waals surface area contributed by atoms with Gasteiger partial charge < -0.3 is 14.6 Å². The van der Waals surface area contributed by atoms with E-state index in [4.69, 9.17) is 9.47 Å². The van der Waals surface area contributed by atoms with Crippen molar-refractivity contribution in [3.05, 3.63) is 76.4 Å². The lowest BCUT2D eigenvalue weighted by Crippen LogP contribution is -2.12. The fourth-order valence-electron chi connectivity index (χ4n) is 2.40. The molecule has 146 valence electrons. The molecule has 0 unspecified atom stereocenters. The molecule has 0 bridgehead atoms. The first-order valence-electron chi connectivity index (χ1n) is 8.79. The number of aromatic hydroxyl groups is 1. The van der Waals surface area contributed by atoms with Crippen molar-refractivity contribution in [2.24, 2.45) is 0 Å². The number of ketones is 1. The summed E-state index contributed by atoms with van der Waals surface area (Å²) >= 11 is 0. The zero-order valence-corrected chi connectivity index (χ0v) is 16.0. The summed E-state index contributed by atoms with van der Waals surface area (Å²) < 4.78 is 10.1. The number of carbonyl (C=O) groups is 3. The molecule has 2 aromatic carbocycles. The summed E-state index contributed by atoms with van der Waals surface area (Å²) in [5, 5.41) is 9.94. The molecule has 6 nitrogen and oxygen atoms in total. The summed E-state index contributed by atoms with van der Waals surface area (Å²) in [5.74, 6) is -2.05. The Labute approximate surface area is 163 Å². The van der Waals surface area contributed by atoms with Crippen LogP contribution in [-0.2, 0) is 9.47 Å². The molecule has 0 radical (unpaired) electrons. The Kier molecular flexibility index (Phi) is 7.09. The number of hydrogen-bond acceptors (Lipinski definition) is 6. The van der Waals surface area contributed by atoms with Crippen LogP contribution in [0.1, 0.15) is 57.4 Å². The number of ether oxygens (including phenoxy) is 2. The van der Waals surface area contributed by atoms with Gasteiger partial charge in [-0.1, -0.05) is 17.7 Å². The molecule has 2 rings (SSSR count). The van der Waals surface area contributed by atoms with E-state index in [2.05, 4.69) is 0 Å². The van der Waals surface area contributed by atoms with E-state index in [1.165, 1.54) is 30.3 Å². The van der Waals surface area contributed by atoms with Crippen molar-refractivity contribution in [2.75, 3.05) is 13.2 Å². The zero-order valence-electron chi connectivity index (χ0n) is 16.0. The molecule has 0 aliphatic carbocycles. The van der Waals surface area contributed by atoms with Crippen molar-refractivity contribution >= 4 is 17.7 Å². The summed E-state index contributed by atoms with van der Waals surface area (Å²) in [6.07, 6.45) is 1.74. The van der Waals surface area contributed by atoms with E-state index in [1.54, 1.807) is 25.1 Å². The Morgan fingerprint density at radius 3 is 2.07 bits per heavy atom. The van der Waals surface area contributed by atoms with Crippen LogP contribution in [0.3, 0.4) is 0 Å². The average molecular weight is 382 g/mol. The molecule has 0 amide bonds. The van der Waals surface area contributed by atoms with Gasteiger partial charge in [0.15, 0.2) is 5.78 Å². The number of benzene rings is 2. The van der Waals surface area contributed by atoms with Gasteiger partial charge in [0.05, 0.1) is 23.3 Å². The Balaban J connectivity index is 2.44. The Hall–Kier alpha value is -3.41. The summed E-state index contributed by atoms with van der Waals surface area (Å²) in [5.41, 5.74) is 1.22. The number of phenolic OH excluding ortho intramolecular Hbond substituents is 1. The van der Waals surface area contributed by atoms with Crippen molar-refractivity contribution in [3.8, 4) is 5.75 Å². The molecule has 0 aromatic heterocycles. The van der Waals surface area contributed by atoms with E-state index < -0.39 is 17.7 Å². The van der Waals surface area contributed by atoms with Crippen molar-refractivity contribution in [3.63, 3.8) is 0 Å². The molecule has 0 heterocycles. The molecule has 0 saturated carbocycles. The lowest BCUT2D eigenvalue weighted by molar-refractivity contribution is 0.0526. The van der Waals surface area contributed by atoms with Crippen LogP contribution in [0.2, 0.25) is 0 Å². The number of para-hydroxylation sites is 1. The number of carbonyl (C=O) groups excluding carboxylic acids is 3. The van der Waals surface area contributed by atoms with Crippen LogP contribution in [0.25, 0.3) is 0 Å². The minimum Gasteiger partial charge on any atom is -0.507 e. The van der Waals surface area contributed by atoms with Gasteiger partial charge in [0, 0.05) is 5.56 Å². The monoisotopic (exact) mass is 382 g/mol. The van der Waals surface area contributed by atoms with E-state index in [0.717, 1.165) is 5.57 Å². The smallest absolute Gasteiger partial charge is 0.338 e. The van der Waals surface area contributed by atoms with Crippen LogP contribution in [0.5, 0.6) is 5.75 Å². The van der Waals surface area contributed by atoms with Gasteiger partial charge >= 0.3 is 11.9 Å². The highest BCUT2D eigenvalue weighted by atomic mass is 16.5. The molecule has 0 atom stereocenters. The van der Waals surface area contributed by atoms with E-state index in [9.17, 15) is 19.5 Å². The van der Waals surface area contributed by atoms with E-state index in [1.807, 2.05) is 13.8 Å². The fraction of sp³-hybridized carbons (Fsp3) is 0.227. The van der Waals surface area contributed by atoms with Gasteiger partial charge in [-0.2, -0.15) is 0 Å². The molecule has 0 saturated heterocycles. The van der Waals surface area contributed by atoms with Crippen molar-refractivity contribution in [1.82, 2.24) is 0 Å². The molecule has 0 aliphatic rings. The maximum Gasteiger partial charge on any atom is 0.338 e. The molecule has 1 N–H and O–H groups in total. The first-order chi connectivity index (χ1) is 13.3. The maximum absolute atomic E-state index is 12.8. The van der Waals surface area contributed by atoms with Gasteiger partial charge in [0.1, 0.15) is 12.4 Å². The van der Waals surface area contributed by atoms with E-state index in [0.29, 0.717) is 0 Å². The van der Waals surface area contributed by atoms with Crippen LogP contribution in [0, 0.1) is 0 Å². The highest BCUT2D eigenvalue weighted by Crippen LogP contribution is 2.22. The SMILES string of the molecule is CCOC(=O)c1cc(C(=O)OCC=C(C)C)cc(C(=O)c2ccccc2O)c1. The summed E-state index contributed by atoms with van der Waals surface area (Å²) in [4.78, 5) is 37.3. The van der Waals surface area contributed by atoms with Crippen molar-refractivity contribution in [1.29, 1.82) is 0 Å². The van der Waals surface area contributed by atoms with Crippen molar-refractivity contribution < 1.29 is 29.0 Å². The minimum absolute atomic E-state index is 0.0477. The van der Waals surface area contributed by atoms with Crippen LogP contribution in [0.15, 0.2) is 54.1 Å². The highest BCUT2D eigenvalue weighted by molar-refractivity contribution is 6.12. The predicted octanol–water partition coefficient (Wildman–Crippen LogP) is 3.92. The quantitative estimate of drug-likeness (QED) is 0.443. The van der Waals surface area contributed by atoms with Crippen LogP contribution in [-0.4, -0.2) is 36.0 Å². The minimum atomic E-state index is -0.671. The maximum atomic E-state index is 12.8. The second kappa shape index (κ2) is 9.50. The van der Waals surface area contributed by atoms with Gasteiger partial charge in [-0.05, 0) is 57.2 Å². The Bertz CT molecular complexity index is 922. The lowest BCUT2D eigenvalue weighted by atomic mass is 9.98. The third kappa shape index (κ3) is 5.30. The summed E-state index contributed by atoms with van der Waals surface area (Å²) in [6, 6.07) is 10.0. The predicted molar refractivity (Wildman–Crippen MR) is 104 cm³/mol. The molecule has 0 spiro atoms. The molecule has 28 heavy (non-hydrogen) atoms. The van der Waals surface area contributed by atoms with Crippen LogP contribution in [0.4, 0.5) is 0 Å². The normalized spacial score (nSPS) is 10.1. The van der Waals surface area contributed by atoms with Crippen molar-refractivity contribution in [2.45, 2.75) is 20.8 Å². The number of esters is 2. The number of hydrogen-bond donors (Lipinski definition) is 1. The third-order valence-electron chi connectivity index (χ3n) is 3.80. The average Bonchev–Trinajstić information content (AvgIpc) is 2.67. The zero-order chi connectivity index (χ0) is 20.7. The number of phenols is 1. The molecular weight excluding hydrogens is 360 g/mol. The van der Waals surface area contributed by atoms with Gasteiger partial charge in [-0.3, -0.25) is 4.79 Å². The first-order valence-corrected chi connectivity index (χ1v) is 8.79. The second-order valence-corrected chi connectivity index (χ2v) is 6.25. The standard InChI is InChI=1S/C22H22O6/c1-4-27-21(25)16-11-15(20(24)18-7-5-6-8-19(18)23)12-17(13-16)22(26)28-10-9-14(2)3/h5-9,11-13,23H,4,10H2,1-3H3. The fourth-order valence-corrected chi connectivity index (χ4v) is 2.40. The van der Waals surface area contributed by atoms with Crippen LogP contribution < -0.4 is 0 Å². The summed E-state index contributed by atoms with van der Waals surface area (Å²) in [7, 11) is 0. The first kappa shape index (κ1) is 20.9. The highest BCUT2D eigenvalue weighted by Gasteiger charge is 2.20. The second-order valence-electron chi connectivity index (χ2n) is 6.25. The third-order valence-corrected chi connectivity index (χ3v) is 3.80. The van der Waals surface area contributed by atoms with Gasteiger partial charge in [0.2, 0.25) is 0 Å². The molecule has 6 heteroatoms. The largest absolute Gasteiger partial charge is 0.507 e. The number of rotatable bonds is 7. The molecule has 0 aliphatic heterocycles. The number of allylic oxidation sites excluding steroid dienone is 1. The molecule has 0 fully saturated rings. The Morgan fingerprint density at radius 1 is 0.929 bits per heavy atom. The van der Waals surface area contributed by atoms with Gasteiger partial charge in [0.25, 0.3) is 0 Å². The van der Waals surface area contributed by atoms with Gasteiger partial charge in [-0.25, -0.2) is 9.59 Å². The molecule has 2 aromatic rings. The lowest BCUT2D eigenvalue weighted by Gasteiger charge is -2.10. The Morgan fingerprint density at radius 2 is 1.50 bits per heavy atom. The van der Waals surface area contributed by atoms with Gasteiger partial charge in [-0.15, -0.1) is 0 Å².